The van der Waals surface area contributed by atoms with E-state index in [2.05, 4.69) is 78.9 Å². The van der Waals surface area contributed by atoms with Crippen molar-refractivity contribution >= 4 is 65.2 Å². The summed E-state index contributed by atoms with van der Waals surface area (Å²) in [6.07, 6.45) is 1.90. The lowest BCUT2D eigenvalue weighted by atomic mass is 9.93. The smallest absolute Gasteiger partial charge is 0.164 e. The fourth-order valence-corrected chi connectivity index (χ4v) is 6.99. The second-order valence-electron chi connectivity index (χ2n) is 11.8. The van der Waals surface area contributed by atoms with Gasteiger partial charge in [-0.1, -0.05) is 115 Å². The van der Waals surface area contributed by atoms with Crippen molar-refractivity contribution in [1.29, 1.82) is 0 Å². The molecule has 0 radical (unpaired) electrons. The van der Waals surface area contributed by atoms with Crippen LogP contribution in [0.5, 0.6) is 0 Å². The Kier molecular flexibility index (Phi) is 5.51. The highest BCUT2D eigenvalue weighted by atomic mass is 16.3. The zero-order valence-corrected chi connectivity index (χ0v) is 25.1. The third-order valence-corrected chi connectivity index (χ3v) is 9.13. The minimum Gasteiger partial charge on any atom is -0.455 e. The summed E-state index contributed by atoms with van der Waals surface area (Å²) in [6.45, 7) is 0. The lowest BCUT2D eigenvalue weighted by molar-refractivity contribution is 0.672. The van der Waals surface area contributed by atoms with Crippen molar-refractivity contribution in [2.24, 2.45) is 0 Å². The first kappa shape index (κ1) is 25.8. The molecule has 10 rings (SSSR count). The van der Waals surface area contributed by atoms with E-state index in [4.69, 9.17) is 24.4 Å². The number of para-hydroxylation sites is 1. The van der Waals surface area contributed by atoms with Gasteiger partial charge in [-0.15, -0.1) is 0 Å². The molecule has 0 spiro atoms. The zero-order valence-electron chi connectivity index (χ0n) is 25.1. The molecule has 0 aliphatic heterocycles. The SMILES string of the molecule is c1ccc(-c2nc(-c3cc4ccc5ccccc5c4c4ccccc34)nc(-c3cccc4oc5c6ccccc6ncc5c34)n2)cc1. The second-order valence-corrected chi connectivity index (χ2v) is 11.8. The second kappa shape index (κ2) is 10.0. The Bertz CT molecular complexity index is 2860. The average Bonchev–Trinajstić information content (AvgIpc) is 3.54. The molecule has 0 aliphatic rings. The Morgan fingerprint density at radius 2 is 1.11 bits per heavy atom. The van der Waals surface area contributed by atoms with Gasteiger partial charge in [-0.05, 0) is 56.6 Å². The Labute approximate surface area is 268 Å². The van der Waals surface area contributed by atoms with Gasteiger partial charge in [-0.3, -0.25) is 4.98 Å². The van der Waals surface area contributed by atoms with Gasteiger partial charge in [-0.25, -0.2) is 15.0 Å². The third kappa shape index (κ3) is 3.97. The molecule has 0 atom stereocenters. The molecule has 5 nitrogen and oxygen atoms in total. The zero-order chi connectivity index (χ0) is 30.9. The Hall–Kier alpha value is -6.46. The summed E-state index contributed by atoms with van der Waals surface area (Å²) in [5.41, 5.74) is 5.22. The summed E-state index contributed by atoms with van der Waals surface area (Å²) in [4.78, 5) is 20.2. The van der Waals surface area contributed by atoms with Crippen LogP contribution in [-0.4, -0.2) is 19.9 Å². The predicted molar refractivity (Wildman–Crippen MR) is 191 cm³/mol. The van der Waals surface area contributed by atoms with Gasteiger partial charge in [0, 0.05) is 39.0 Å². The van der Waals surface area contributed by atoms with Crippen LogP contribution < -0.4 is 0 Å². The van der Waals surface area contributed by atoms with Crippen LogP contribution >= 0.6 is 0 Å². The van der Waals surface area contributed by atoms with Crippen LogP contribution in [0.1, 0.15) is 0 Å². The molecule has 10 aromatic rings. The minimum atomic E-state index is 0.581. The quantitative estimate of drug-likeness (QED) is 0.189. The molecule has 0 aliphatic carbocycles. The van der Waals surface area contributed by atoms with Gasteiger partial charge < -0.3 is 4.42 Å². The van der Waals surface area contributed by atoms with Crippen molar-refractivity contribution in [3.05, 3.63) is 146 Å². The number of furan rings is 1. The Morgan fingerprint density at radius 1 is 0.426 bits per heavy atom. The summed E-state index contributed by atoms with van der Waals surface area (Å²) in [5.74, 6) is 1.81. The summed E-state index contributed by atoms with van der Waals surface area (Å²) in [6, 6.07) is 47.9. The van der Waals surface area contributed by atoms with E-state index in [9.17, 15) is 0 Å². The normalized spacial score (nSPS) is 11.8. The highest BCUT2D eigenvalue weighted by Gasteiger charge is 2.20. The predicted octanol–water partition coefficient (Wildman–Crippen LogP) is 10.8. The maximum atomic E-state index is 6.49. The van der Waals surface area contributed by atoms with Crippen LogP contribution in [0, 0.1) is 0 Å². The van der Waals surface area contributed by atoms with E-state index < -0.39 is 0 Å². The molecular formula is C42H24N4O. The molecule has 0 N–H and O–H groups in total. The molecule has 0 fully saturated rings. The minimum absolute atomic E-state index is 0.581. The van der Waals surface area contributed by atoms with Gasteiger partial charge in [0.15, 0.2) is 17.5 Å². The first-order chi connectivity index (χ1) is 23.3. The Balaban J connectivity index is 1.29. The van der Waals surface area contributed by atoms with Crippen LogP contribution in [0.2, 0.25) is 0 Å². The van der Waals surface area contributed by atoms with E-state index in [0.717, 1.165) is 60.3 Å². The van der Waals surface area contributed by atoms with Crippen LogP contribution in [0.15, 0.2) is 150 Å². The van der Waals surface area contributed by atoms with Gasteiger partial charge in [0.1, 0.15) is 11.2 Å². The fourth-order valence-electron chi connectivity index (χ4n) is 6.99. The molecule has 5 heteroatoms. The van der Waals surface area contributed by atoms with E-state index in [1.807, 2.05) is 66.9 Å². The van der Waals surface area contributed by atoms with Crippen LogP contribution in [0.3, 0.4) is 0 Å². The van der Waals surface area contributed by atoms with Crippen LogP contribution in [-0.2, 0) is 0 Å². The van der Waals surface area contributed by atoms with Crippen molar-refractivity contribution in [3.8, 4) is 34.2 Å². The standard InChI is InChI=1S/C42H24N4O/c1-2-12-26(13-3-1)40-44-41(32-18-10-20-36-38(32)34-24-43-35-19-9-8-17-31(35)39(34)47-36)46-42(45-40)33-23-27-22-21-25-11-4-5-14-28(25)37(27)30-16-7-6-15-29(30)33/h1-24H. The molecule has 0 amide bonds. The van der Waals surface area contributed by atoms with Gasteiger partial charge in [-0.2, -0.15) is 0 Å². The number of hydrogen-bond acceptors (Lipinski definition) is 5. The summed E-state index contributed by atoms with van der Waals surface area (Å²) < 4.78 is 6.49. The van der Waals surface area contributed by atoms with Crippen molar-refractivity contribution in [2.75, 3.05) is 0 Å². The summed E-state index contributed by atoms with van der Waals surface area (Å²) >= 11 is 0. The van der Waals surface area contributed by atoms with Crippen molar-refractivity contribution in [3.63, 3.8) is 0 Å². The molecule has 3 aromatic heterocycles. The molecule has 0 unspecified atom stereocenters. The van der Waals surface area contributed by atoms with Crippen LogP contribution in [0.4, 0.5) is 0 Å². The molecule has 218 valence electrons. The number of aromatic nitrogens is 4. The van der Waals surface area contributed by atoms with Crippen molar-refractivity contribution in [2.45, 2.75) is 0 Å². The summed E-state index contributed by atoms with van der Waals surface area (Å²) in [7, 11) is 0. The van der Waals surface area contributed by atoms with Gasteiger partial charge >= 0.3 is 0 Å². The van der Waals surface area contributed by atoms with E-state index in [1.54, 1.807) is 0 Å². The monoisotopic (exact) mass is 600 g/mol. The summed E-state index contributed by atoms with van der Waals surface area (Å²) in [5, 5.41) is 9.92. The fraction of sp³-hybridized carbons (Fsp3) is 0. The largest absolute Gasteiger partial charge is 0.455 e. The molecule has 0 saturated heterocycles. The number of nitrogens with zero attached hydrogens (tertiary/aromatic N) is 4. The lowest BCUT2D eigenvalue weighted by Gasteiger charge is -2.14. The maximum Gasteiger partial charge on any atom is 0.164 e. The molecule has 7 aromatic carbocycles. The molecule has 0 bridgehead atoms. The topological polar surface area (TPSA) is 64.7 Å². The van der Waals surface area contributed by atoms with Gasteiger partial charge in [0.2, 0.25) is 0 Å². The highest BCUT2D eigenvalue weighted by Crippen LogP contribution is 2.41. The third-order valence-electron chi connectivity index (χ3n) is 9.13. The van der Waals surface area contributed by atoms with Crippen molar-refractivity contribution < 1.29 is 4.42 Å². The molecule has 47 heavy (non-hydrogen) atoms. The molecule has 0 saturated carbocycles. The van der Waals surface area contributed by atoms with E-state index in [1.165, 1.54) is 21.5 Å². The average molecular weight is 601 g/mol. The number of fused-ring (bicyclic) bond motifs is 10. The maximum absolute atomic E-state index is 6.49. The highest BCUT2D eigenvalue weighted by molar-refractivity contribution is 6.23. The molecule has 3 heterocycles. The molecular weight excluding hydrogens is 576 g/mol. The number of rotatable bonds is 3. The van der Waals surface area contributed by atoms with E-state index in [0.29, 0.717) is 17.5 Å². The van der Waals surface area contributed by atoms with Gasteiger partial charge in [0.25, 0.3) is 0 Å². The lowest BCUT2D eigenvalue weighted by Crippen LogP contribution is -2.01. The number of benzene rings is 7. The number of hydrogen-bond donors (Lipinski definition) is 0. The van der Waals surface area contributed by atoms with E-state index in [-0.39, 0.29) is 0 Å². The van der Waals surface area contributed by atoms with Gasteiger partial charge in [0.05, 0.1) is 5.52 Å². The first-order valence-electron chi connectivity index (χ1n) is 15.6. The number of pyridine rings is 1. The van der Waals surface area contributed by atoms with E-state index >= 15 is 0 Å². The Morgan fingerprint density at radius 3 is 1.98 bits per heavy atom. The first-order valence-corrected chi connectivity index (χ1v) is 15.6. The van der Waals surface area contributed by atoms with Crippen molar-refractivity contribution in [1.82, 2.24) is 19.9 Å². The van der Waals surface area contributed by atoms with Crippen LogP contribution in [0.25, 0.3) is 99.3 Å².